The van der Waals surface area contributed by atoms with Crippen molar-refractivity contribution in [1.29, 1.82) is 0 Å². The van der Waals surface area contributed by atoms with E-state index >= 15 is 0 Å². The summed E-state index contributed by atoms with van der Waals surface area (Å²) >= 11 is 1.28. The minimum Gasteiger partial charge on any atom is -0.325 e. The normalized spacial score (nSPS) is 10.9. The first-order valence-corrected chi connectivity index (χ1v) is 10.1. The number of rotatable bonds is 6. The third kappa shape index (κ3) is 4.05. The summed E-state index contributed by atoms with van der Waals surface area (Å²) in [4.78, 5) is 38.4. The first kappa shape index (κ1) is 18.9. The molecule has 0 atom stereocenters. The van der Waals surface area contributed by atoms with Crippen molar-refractivity contribution in [3.63, 3.8) is 0 Å². The lowest BCUT2D eigenvalue weighted by Crippen LogP contribution is -2.41. The maximum atomic E-state index is 13.1. The fraction of sp³-hybridized carbons (Fsp3) is 0.136. The number of hydrogen-bond donors (Lipinski definition) is 1. The third-order valence-corrected chi connectivity index (χ3v) is 5.55. The second kappa shape index (κ2) is 8.28. The van der Waals surface area contributed by atoms with Gasteiger partial charge < -0.3 is 5.32 Å². The average Bonchev–Trinajstić information content (AvgIpc) is 3.23. The molecule has 0 spiro atoms. The zero-order chi connectivity index (χ0) is 20.2. The van der Waals surface area contributed by atoms with Gasteiger partial charge in [-0.3, -0.25) is 18.7 Å². The largest absolute Gasteiger partial charge is 0.332 e. The average molecular weight is 405 g/mol. The van der Waals surface area contributed by atoms with Crippen molar-refractivity contribution in [3.8, 4) is 0 Å². The van der Waals surface area contributed by atoms with Gasteiger partial charge in [0.05, 0.1) is 5.52 Å². The number of hydrogen-bond acceptors (Lipinski definition) is 4. The molecule has 0 saturated heterocycles. The Morgan fingerprint density at radius 2 is 1.59 bits per heavy atom. The summed E-state index contributed by atoms with van der Waals surface area (Å²) in [6.45, 7) is 0.0996. The first-order valence-electron chi connectivity index (χ1n) is 9.23. The van der Waals surface area contributed by atoms with Crippen molar-refractivity contribution in [3.05, 3.63) is 98.5 Å². The maximum absolute atomic E-state index is 13.1. The highest BCUT2D eigenvalue weighted by Gasteiger charge is 2.16. The van der Waals surface area contributed by atoms with Gasteiger partial charge in [-0.2, -0.15) is 0 Å². The Labute approximate surface area is 170 Å². The van der Waals surface area contributed by atoms with E-state index in [1.165, 1.54) is 20.5 Å². The van der Waals surface area contributed by atoms with E-state index in [0.29, 0.717) is 22.3 Å². The van der Waals surface area contributed by atoms with E-state index in [4.69, 9.17) is 0 Å². The molecule has 4 aromatic rings. The summed E-state index contributed by atoms with van der Waals surface area (Å²) in [5.74, 6) is -0.320. The fourth-order valence-electron chi connectivity index (χ4n) is 3.23. The summed E-state index contributed by atoms with van der Waals surface area (Å²) in [6, 6.07) is 20.5. The molecule has 2 heterocycles. The SMILES string of the molecule is O=C(Cn1c(=O)n(CCc2ccccc2)c(=O)c2sccc21)Nc1ccccc1. The van der Waals surface area contributed by atoms with Crippen molar-refractivity contribution in [2.24, 2.45) is 0 Å². The highest BCUT2D eigenvalue weighted by Crippen LogP contribution is 2.15. The van der Waals surface area contributed by atoms with Crippen LogP contribution in [-0.2, 0) is 24.3 Å². The van der Waals surface area contributed by atoms with Crippen molar-refractivity contribution < 1.29 is 4.79 Å². The zero-order valence-corrected chi connectivity index (χ0v) is 16.4. The number of nitrogens with zero attached hydrogens (tertiary/aromatic N) is 2. The first-order chi connectivity index (χ1) is 14.1. The molecule has 6 nitrogen and oxygen atoms in total. The predicted molar refractivity (Wildman–Crippen MR) is 116 cm³/mol. The lowest BCUT2D eigenvalue weighted by Gasteiger charge is -2.12. The molecule has 0 unspecified atom stereocenters. The van der Waals surface area contributed by atoms with Gasteiger partial charge in [0.25, 0.3) is 5.56 Å². The van der Waals surface area contributed by atoms with E-state index < -0.39 is 5.69 Å². The number of carbonyl (C=O) groups is 1. The fourth-order valence-corrected chi connectivity index (χ4v) is 4.08. The Hall–Kier alpha value is -3.45. The van der Waals surface area contributed by atoms with E-state index in [0.717, 1.165) is 5.56 Å². The number of aromatic nitrogens is 2. The molecule has 0 aliphatic heterocycles. The van der Waals surface area contributed by atoms with E-state index in [9.17, 15) is 14.4 Å². The molecule has 7 heteroatoms. The molecule has 0 radical (unpaired) electrons. The van der Waals surface area contributed by atoms with Crippen LogP contribution >= 0.6 is 11.3 Å². The molecule has 0 fully saturated rings. The Morgan fingerprint density at radius 1 is 0.897 bits per heavy atom. The Kier molecular flexibility index (Phi) is 5.39. The van der Waals surface area contributed by atoms with Gasteiger partial charge in [0.15, 0.2) is 0 Å². The molecule has 2 aromatic carbocycles. The van der Waals surface area contributed by atoms with Crippen LogP contribution in [0.2, 0.25) is 0 Å². The topological polar surface area (TPSA) is 73.1 Å². The molecular formula is C22H19N3O3S. The number of carbonyl (C=O) groups excluding carboxylic acids is 1. The second-order valence-electron chi connectivity index (χ2n) is 6.61. The van der Waals surface area contributed by atoms with E-state index in [1.54, 1.807) is 23.6 Å². The molecule has 1 N–H and O–H groups in total. The van der Waals surface area contributed by atoms with Gasteiger partial charge in [-0.1, -0.05) is 48.5 Å². The zero-order valence-electron chi connectivity index (χ0n) is 15.6. The lowest BCUT2D eigenvalue weighted by molar-refractivity contribution is -0.116. The third-order valence-electron chi connectivity index (χ3n) is 4.66. The van der Waals surface area contributed by atoms with Crippen LogP contribution in [0.3, 0.4) is 0 Å². The van der Waals surface area contributed by atoms with Gasteiger partial charge in [0.2, 0.25) is 5.91 Å². The number of nitrogens with one attached hydrogen (secondary N) is 1. The minimum atomic E-state index is -0.472. The van der Waals surface area contributed by atoms with Gasteiger partial charge >= 0.3 is 5.69 Å². The molecule has 29 heavy (non-hydrogen) atoms. The number of aryl methyl sites for hydroxylation is 1. The van der Waals surface area contributed by atoms with Crippen molar-refractivity contribution in [1.82, 2.24) is 9.13 Å². The molecular weight excluding hydrogens is 386 g/mol. The number of para-hydroxylation sites is 1. The quantitative estimate of drug-likeness (QED) is 0.536. The molecule has 0 saturated carbocycles. The number of thiophene rings is 1. The van der Waals surface area contributed by atoms with Crippen LogP contribution < -0.4 is 16.6 Å². The molecule has 0 aliphatic rings. The summed E-state index contributed by atoms with van der Waals surface area (Å²) in [5.41, 5.74) is 1.41. The molecule has 0 aliphatic carbocycles. The number of fused-ring (bicyclic) bond motifs is 1. The summed E-state index contributed by atoms with van der Waals surface area (Å²) in [7, 11) is 0. The smallest absolute Gasteiger partial charge is 0.325 e. The monoisotopic (exact) mass is 405 g/mol. The number of amides is 1. The molecule has 4 rings (SSSR count). The van der Waals surface area contributed by atoms with E-state index in [-0.39, 0.29) is 24.6 Å². The Balaban J connectivity index is 1.66. The molecule has 2 aromatic heterocycles. The number of anilines is 1. The van der Waals surface area contributed by atoms with Gasteiger partial charge in [-0.05, 0) is 35.6 Å². The van der Waals surface area contributed by atoms with Crippen LogP contribution in [-0.4, -0.2) is 15.0 Å². The lowest BCUT2D eigenvalue weighted by atomic mass is 10.1. The van der Waals surface area contributed by atoms with Crippen LogP contribution in [0.15, 0.2) is 81.7 Å². The van der Waals surface area contributed by atoms with Crippen molar-refractivity contribution in [2.45, 2.75) is 19.5 Å². The van der Waals surface area contributed by atoms with Crippen LogP contribution in [0.1, 0.15) is 5.56 Å². The van der Waals surface area contributed by atoms with Gasteiger partial charge in [0, 0.05) is 12.2 Å². The van der Waals surface area contributed by atoms with Gasteiger partial charge in [-0.15, -0.1) is 11.3 Å². The Bertz CT molecular complexity index is 1260. The number of benzene rings is 2. The van der Waals surface area contributed by atoms with Crippen molar-refractivity contribution >= 4 is 33.1 Å². The maximum Gasteiger partial charge on any atom is 0.332 e. The van der Waals surface area contributed by atoms with Crippen LogP contribution in [0.5, 0.6) is 0 Å². The highest BCUT2D eigenvalue weighted by atomic mass is 32.1. The molecule has 1 amide bonds. The van der Waals surface area contributed by atoms with E-state index in [1.807, 2.05) is 48.5 Å². The van der Waals surface area contributed by atoms with Gasteiger partial charge in [-0.25, -0.2) is 4.79 Å². The minimum absolute atomic E-state index is 0.160. The summed E-state index contributed by atoms with van der Waals surface area (Å²) in [5, 5.41) is 4.55. The summed E-state index contributed by atoms with van der Waals surface area (Å²) < 4.78 is 3.07. The van der Waals surface area contributed by atoms with Gasteiger partial charge in [0.1, 0.15) is 11.2 Å². The van der Waals surface area contributed by atoms with Crippen LogP contribution in [0, 0.1) is 0 Å². The van der Waals surface area contributed by atoms with Crippen LogP contribution in [0.25, 0.3) is 10.2 Å². The molecule has 0 bridgehead atoms. The van der Waals surface area contributed by atoms with E-state index in [2.05, 4.69) is 5.32 Å². The standard InChI is InChI=1S/C22H19N3O3S/c26-19(23-17-9-5-2-6-10-17)15-25-18-12-14-29-20(18)21(27)24(22(25)28)13-11-16-7-3-1-4-8-16/h1-10,12,14H,11,13,15H2,(H,23,26). The van der Waals surface area contributed by atoms with Crippen molar-refractivity contribution in [2.75, 3.05) is 5.32 Å². The predicted octanol–water partition coefficient (Wildman–Crippen LogP) is 3.11. The second-order valence-corrected chi connectivity index (χ2v) is 7.53. The highest BCUT2D eigenvalue weighted by molar-refractivity contribution is 7.17. The molecule has 146 valence electrons. The van der Waals surface area contributed by atoms with Crippen LogP contribution in [0.4, 0.5) is 5.69 Å². The Morgan fingerprint density at radius 3 is 2.31 bits per heavy atom. The summed E-state index contributed by atoms with van der Waals surface area (Å²) in [6.07, 6.45) is 0.559.